The quantitative estimate of drug-likeness (QED) is 0.620. The fraction of sp³-hybridized carbons (Fsp3) is 0.741. The number of aromatic hydroxyl groups is 1. The molecule has 0 radical (unpaired) electrons. The maximum atomic E-state index is 12.3. The predicted octanol–water partition coefficient (Wildman–Crippen LogP) is 2.51. The molecule has 7 heteroatoms. The van der Waals surface area contributed by atoms with Gasteiger partial charge in [0.25, 0.3) is 0 Å². The summed E-state index contributed by atoms with van der Waals surface area (Å²) in [5.41, 5.74) is 7.71. The molecule has 0 aromatic heterocycles. The summed E-state index contributed by atoms with van der Waals surface area (Å²) in [6.07, 6.45) is 7.47. The lowest BCUT2D eigenvalue weighted by molar-refractivity contribution is -0.282. The normalized spacial score (nSPS) is 42.1. The van der Waals surface area contributed by atoms with Gasteiger partial charge in [0, 0.05) is 42.0 Å². The fourth-order valence-corrected chi connectivity index (χ4v) is 9.06. The zero-order valence-electron chi connectivity index (χ0n) is 20.2. The number of phenolic OH excluding ortho intramolecular Hbond substituents is 1. The van der Waals surface area contributed by atoms with Gasteiger partial charge in [-0.3, -0.25) is 9.69 Å². The highest BCUT2D eigenvalue weighted by atomic mass is 16.6. The number of carbonyl (C=O) groups is 1. The van der Waals surface area contributed by atoms with Gasteiger partial charge in [-0.2, -0.15) is 0 Å². The van der Waals surface area contributed by atoms with Crippen molar-refractivity contribution in [1.29, 1.82) is 0 Å². The van der Waals surface area contributed by atoms with Crippen LogP contribution in [0.5, 0.6) is 11.5 Å². The van der Waals surface area contributed by atoms with E-state index in [-0.39, 0.29) is 34.6 Å². The van der Waals surface area contributed by atoms with Crippen LogP contribution in [0.4, 0.5) is 0 Å². The molecule has 7 atom stereocenters. The summed E-state index contributed by atoms with van der Waals surface area (Å²) < 4.78 is 18.9. The number of fused-ring (bicyclic) bond motifs is 2. The van der Waals surface area contributed by atoms with Crippen LogP contribution in [0.1, 0.15) is 56.6 Å². The van der Waals surface area contributed by atoms with Crippen molar-refractivity contribution in [3.05, 3.63) is 23.3 Å². The molecule has 4 saturated carbocycles. The van der Waals surface area contributed by atoms with Crippen LogP contribution in [0, 0.1) is 17.3 Å². The molecule has 7 nitrogen and oxygen atoms in total. The Bertz CT molecular complexity index is 1060. The summed E-state index contributed by atoms with van der Waals surface area (Å²) in [6.45, 7) is 4.23. The molecule has 2 aliphatic heterocycles. The molecule has 8 rings (SSSR count). The van der Waals surface area contributed by atoms with Crippen molar-refractivity contribution in [2.45, 2.75) is 81.1 Å². The predicted molar refractivity (Wildman–Crippen MR) is 125 cm³/mol. The Balaban J connectivity index is 1.37. The van der Waals surface area contributed by atoms with Gasteiger partial charge in [0.05, 0.1) is 6.61 Å². The first kappa shape index (κ1) is 21.5. The Hall–Kier alpha value is -1.83. The number of rotatable bonds is 6. The zero-order valence-corrected chi connectivity index (χ0v) is 20.2. The Kier molecular flexibility index (Phi) is 4.35. The van der Waals surface area contributed by atoms with Crippen LogP contribution in [0.25, 0.3) is 0 Å². The van der Waals surface area contributed by atoms with Crippen molar-refractivity contribution in [3.8, 4) is 11.5 Å². The Labute approximate surface area is 200 Å². The minimum absolute atomic E-state index is 0.0303. The highest BCUT2D eigenvalue weighted by molar-refractivity contribution is 5.75. The molecule has 2 heterocycles. The van der Waals surface area contributed by atoms with Gasteiger partial charge in [0.1, 0.15) is 17.7 Å². The summed E-state index contributed by atoms with van der Waals surface area (Å²) in [7, 11) is 1.78. The summed E-state index contributed by atoms with van der Waals surface area (Å²) in [4.78, 5) is 15.1. The number of phenols is 1. The van der Waals surface area contributed by atoms with Crippen molar-refractivity contribution in [2.75, 3.05) is 26.8 Å². The molecule has 2 spiro atoms. The molecular formula is C27H36N2O5. The highest BCUT2D eigenvalue weighted by Gasteiger charge is 2.80. The molecule has 1 unspecified atom stereocenters. The van der Waals surface area contributed by atoms with E-state index < -0.39 is 11.6 Å². The second-order valence-corrected chi connectivity index (χ2v) is 12.0. The van der Waals surface area contributed by atoms with Crippen LogP contribution in [-0.4, -0.2) is 66.6 Å². The molecule has 4 bridgehead atoms. The van der Waals surface area contributed by atoms with Gasteiger partial charge < -0.3 is 25.1 Å². The molecule has 34 heavy (non-hydrogen) atoms. The van der Waals surface area contributed by atoms with Crippen molar-refractivity contribution in [3.63, 3.8) is 0 Å². The van der Waals surface area contributed by atoms with Crippen molar-refractivity contribution in [2.24, 2.45) is 23.0 Å². The standard InChI is InChI=1S/C27H36N2O5/c1-15(28)23(31)33-14-18-12-25-7-8-27(18,32-2)24-26(25)9-10-29(13-16-3-4-16)20(25)11-17-5-6-19(30)22(34-24)21(17)26/h5-6,15-16,18,20,24,30H,3-4,7-14,28H2,1-2H3/t15?,18-,20-,24-,25-,26+,27-/m1/s1. The Morgan fingerprint density at radius 1 is 1.32 bits per heavy atom. The molecular weight excluding hydrogens is 432 g/mol. The van der Waals surface area contributed by atoms with Crippen LogP contribution in [0.3, 0.4) is 0 Å². The van der Waals surface area contributed by atoms with Crippen LogP contribution >= 0.6 is 0 Å². The topological polar surface area (TPSA) is 94.2 Å². The molecule has 184 valence electrons. The molecule has 3 N–H and O–H groups in total. The Morgan fingerprint density at radius 3 is 2.88 bits per heavy atom. The summed E-state index contributed by atoms with van der Waals surface area (Å²) in [5, 5.41) is 10.9. The molecule has 1 aromatic rings. The number of nitrogens with two attached hydrogens (primary N) is 1. The molecule has 1 saturated heterocycles. The smallest absolute Gasteiger partial charge is 0.322 e. The summed E-state index contributed by atoms with van der Waals surface area (Å²) in [6, 6.07) is 3.74. The first-order chi connectivity index (χ1) is 16.4. The van der Waals surface area contributed by atoms with Gasteiger partial charge in [-0.15, -0.1) is 0 Å². The van der Waals surface area contributed by atoms with Gasteiger partial charge in [-0.05, 0) is 76.0 Å². The van der Waals surface area contributed by atoms with E-state index in [9.17, 15) is 9.90 Å². The van der Waals surface area contributed by atoms with E-state index in [0.717, 1.165) is 44.6 Å². The third-order valence-corrected chi connectivity index (χ3v) is 10.6. The van der Waals surface area contributed by atoms with E-state index in [1.807, 2.05) is 6.07 Å². The monoisotopic (exact) mass is 468 g/mol. The van der Waals surface area contributed by atoms with Crippen molar-refractivity contribution in [1.82, 2.24) is 4.90 Å². The molecule has 0 amide bonds. The average Bonchev–Trinajstić information content (AvgIpc) is 3.57. The van der Waals surface area contributed by atoms with Gasteiger partial charge in [-0.25, -0.2) is 0 Å². The number of piperidine rings is 1. The van der Waals surface area contributed by atoms with E-state index in [2.05, 4.69) is 11.0 Å². The van der Waals surface area contributed by atoms with Crippen LogP contribution in [0.2, 0.25) is 0 Å². The minimum Gasteiger partial charge on any atom is -0.504 e. The molecule has 5 fully saturated rings. The SMILES string of the molecule is CO[C@]12CC[C@@]3(C[C@@H]1COC(=O)C(C)N)[C@H]1Cc4ccc(O)c5c4[C@@]3(CCN1CC1CC1)[C@H]2O5. The first-order valence-corrected chi connectivity index (χ1v) is 13.1. The van der Waals surface area contributed by atoms with Gasteiger partial charge in [0.15, 0.2) is 11.5 Å². The lowest BCUT2D eigenvalue weighted by atomic mass is 9.35. The number of ether oxygens (including phenoxy) is 3. The number of benzene rings is 1. The lowest BCUT2D eigenvalue weighted by Crippen LogP contribution is -2.81. The van der Waals surface area contributed by atoms with Crippen LogP contribution in [0.15, 0.2) is 12.1 Å². The van der Waals surface area contributed by atoms with E-state index in [1.165, 1.54) is 30.5 Å². The number of esters is 1. The van der Waals surface area contributed by atoms with Gasteiger partial charge >= 0.3 is 5.97 Å². The fourth-order valence-electron chi connectivity index (χ4n) is 9.06. The van der Waals surface area contributed by atoms with Gasteiger partial charge in [0.2, 0.25) is 0 Å². The zero-order chi connectivity index (χ0) is 23.5. The third-order valence-electron chi connectivity index (χ3n) is 10.6. The van der Waals surface area contributed by atoms with E-state index in [4.69, 9.17) is 19.9 Å². The molecule has 1 aromatic carbocycles. The number of hydrogen-bond acceptors (Lipinski definition) is 7. The van der Waals surface area contributed by atoms with Crippen LogP contribution in [-0.2, 0) is 26.1 Å². The largest absolute Gasteiger partial charge is 0.504 e. The maximum absolute atomic E-state index is 12.3. The van der Waals surface area contributed by atoms with Crippen molar-refractivity contribution < 1.29 is 24.1 Å². The lowest BCUT2D eigenvalue weighted by Gasteiger charge is -2.73. The highest BCUT2D eigenvalue weighted by Crippen LogP contribution is 2.76. The number of hydrogen-bond donors (Lipinski definition) is 2. The Morgan fingerprint density at radius 2 is 2.15 bits per heavy atom. The third kappa shape index (κ3) is 2.41. The minimum atomic E-state index is -0.640. The van der Waals surface area contributed by atoms with Crippen LogP contribution < -0.4 is 10.5 Å². The number of likely N-dealkylation sites (tertiary alicyclic amines) is 1. The first-order valence-electron chi connectivity index (χ1n) is 13.1. The number of nitrogens with zero attached hydrogens (tertiary/aromatic N) is 1. The number of methoxy groups -OCH3 is 1. The van der Waals surface area contributed by atoms with Gasteiger partial charge in [-0.1, -0.05) is 6.07 Å². The summed E-state index contributed by atoms with van der Waals surface area (Å²) in [5.74, 6) is 1.42. The number of carbonyl (C=O) groups excluding carboxylic acids is 1. The van der Waals surface area contributed by atoms with E-state index in [0.29, 0.717) is 18.4 Å². The summed E-state index contributed by atoms with van der Waals surface area (Å²) >= 11 is 0. The van der Waals surface area contributed by atoms with E-state index >= 15 is 0 Å². The maximum Gasteiger partial charge on any atom is 0.322 e. The van der Waals surface area contributed by atoms with Crippen molar-refractivity contribution >= 4 is 5.97 Å². The second-order valence-electron chi connectivity index (χ2n) is 12.0. The average molecular weight is 469 g/mol. The molecule has 5 aliphatic carbocycles. The molecule has 7 aliphatic rings. The second kappa shape index (κ2) is 6.89. The van der Waals surface area contributed by atoms with E-state index in [1.54, 1.807) is 14.0 Å².